The van der Waals surface area contributed by atoms with Gasteiger partial charge in [0.15, 0.2) is 0 Å². The molecule has 7 nitrogen and oxygen atoms in total. The summed E-state index contributed by atoms with van der Waals surface area (Å²) in [6.07, 6.45) is 2.86. The third-order valence-corrected chi connectivity index (χ3v) is 5.88. The maximum absolute atomic E-state index is 12.9. The fourth-order valence-electron chi connectivity index (χ4n) is 4.39. The lowest BCUT2D eigenvalue weighted by atomic mass is 9.99. The molecule has 0 radical (unpaired) electrons. The summed E-state index contributed by atoms with van der Waals surface area (Å²) in [5.41, 5.74) is 2.79. The number of piperidine rings is 2. The molecule has 1 unspecified atom stereocenters. The highest BCUT2D eigenvalue weighted by molar-refractivity contribution is 6.05. The third-order valence-electron chi connectivity index (χ3n) is 5.88. The summed E-state index contributed by atoms with van der Waals surface area (Å²) in [5, 5.41) is 9.43. The first kappa shape index (κ1) is 18.1. The van der Waals surface area contributed by atoms with Crippen molar-refractivity contribution in [3.8, 4) is 0 Å². The van der Waals surface area contributed by atoms with Gasteiger partial charge in [0.05, 0.1) is 0 Å². The van der Waals surface area contributed by atoms with E-state index in [0.29, 0.717) is 30.6 Å². The average Bonchev–Trinajstić information content (AvgIpc) is 2.97. The molecule has 3 N–H and O–H groups in total. The molecule has 4 rings (SSSR count). The van der Waals surface area contributed by atoms with Crippen LogP contribution in [-0.2, 0) is 22.7 Å². The number of nitrogens with zero attached hydrogens (tertiary/aromatic N) is 1. The Labute approximate surface area is 158 Å². The molecule has 3 aliphatic rings. The van der Waals surface area contributed by atoms with Gasteiger partial charge >= 0.3 is 0 Å². The normalized spacial score (nSPS) is 28.3. The summed E-state index contributed by atoms with van der Waals surface area (Å²) in [6.45, 7) is 4.37. The number of imide groups is 1. The Morgan fingerprint density at radius 1 is 1.22 bits per heavy atom. The summed E-state index contributed by atoms with van der Waals surface area (Å²) < 4.78 is 0. The van der Waals surface area contributed by atoms with Crippen molar-refractivity contribution in [1.82, 2.24) is 20.9 Å². The Balaban J connectivity index is 1.47. The van der Waals surface area contributed by atoms with Gasteiger partial charge in [-0.3, -0.25) is 19.7 Å². The molecule has 1 aromatic carbocycles. The van der Waals surface area contributed by atoms with Gasteiger partial charge in [-0.1, -0.05) is 12.1 Å². The van der Waals surface area contributed by atoms with E-state index in [0.717, 1.165) is 37.1 Å². The minimum atomic E-state index is -0.561. The zero-order chi connectivity index (χ0) is 19.0. The molecule has 2 saturated heterocycles. The van der Waals surface area contributed by atoms with Crippen LogP contribution in [0, 0.1) is 0 Å². The first-order valence-electron chi connectivity index (χ1n) is 9.75. The molecule has 144 valence electrons. The Kier molecular flexibility index (Phi) is 4.97. The number of hydrogen-bond donors (Lipinski definition) is 3. The summed E-state index contributed by atoms with van der Waals surface area (Å²) in [7, 11) is 0. The quantitative estimate of drug-likeness (QED) is 0.678. The smallest absolute Gasteiger partial charge is 0.255 e. The predicted molar refractivity (Wildman–Crippen MR) is 99.8 cm³/mol. The highest BCUT2D eigenvalue weighted by Crippen LogP contribution is 2.30. The summed E-state index contributed by atoms with van der Waals surface area (Å²) in [4.78, 5) is 38.1. The Morgan fingerprint density at radius 3 is 2.85 bits per heavy atom. The van der Waals surface area contributed by atoms with Crippen LogP contribution in [0.4, 0.5) is 0 Å². The lowest BCUT2D eigenvalue weighted by Gasteiger charge is -2.29. The van der Waals surface area contributed by atoms with Gasteiger partial charge in [0.1, 0.15) is 6.04 Å². The van der Waals surface area contributed by atoms with E-state index in [-0.39, 0.29) is 24.1 Å². The van der Waals surface area contributed by atoms with E-state index in [4.69, 9.17) is 0 Å². The topological polar surface area (TPSA) is 90.5 Å². The monoisotopic (exact) mass is 370 g/mol. The van der Waals surface area contributed by atoms with Crippen LogP contribution in [0.5, 0.6) is 0 Å². The van der Waals surface area contributed by atoms with Crippen LogP contribution in [0.2, 0.25) is 0 Å². The highest BCUT2D eigenvalue weighted by atomic mass is 16.2. The summed E-state index contributed by atoms with van der Waals surface area (Å²) in [5.74, 6) is -0.742. The van der Waals surface area contributed by atoms with Gasteiger partial charge < -0.3 is 15.5 Å². The Morgan fingerprint density at radius 2 is 2.07 bits per heavy atom. The molecule has 7 heteroatoms. The number of nitrogens with one attached hydrogen (secondary N) is 3. The maximum Gasteiger partial charge on any atom is 0.255 e. The molecule has 3 amide bonds. The minimum Gasteiger partial charge on any atom is -0.322 e. The molecule has 0 spiro atoms. The number of fused-ring (bicyclic) bond motifs is 1. The van der Waals surface area contributed by atoms with Gasteiger partial charge in [0.2, 0.25) is 11.8 Å². The Bertz CT molecular complexity index is 778. The number of amides is 3. The first-order chi connectivity index (χ1) is 13.0. The van der Waals surface area contributed by atoms with Crippen molar-refractivity contribution in [1.29, 1.82) is 0 Å². The van der Waals surface area contributed by atoms with E-state index >= 15 is 0 Å². The van der Waals surface area contributed by atoms with Gasteiger partial charge in [-0.05, 0) is 49.9 Å². The molecule has 1 aromatic rings. The van der Waals surface area contributed by atoms with E-state index < -0.39 is 6.04 Å². The zero-order valence-corrected chi connectivity index (χ0v) is 15.6. The maximum atomic E-state index is 12.9. The SMILES string of the molecule is C[C@@H]1C[C@@H](NCc2cccc3c2CN(C2CCC(=O)NC2=O)C3=O)CCN1. The van der Waals surface area contributed by atoms with Gasteiger partial charge in [-0.25, -0.2) is 0 Å². The van der Waals surface area contributed by atoms with Crippen LogP contribution in [0.15, 0.2) is 18.2 Å². The van der Waals surface area contributed by atoms with Crippen molar-refractivity contribution in [3.05, 3.63) is 34.9 Å². The van der Waals surface area contributed by atoms with E-state index in [1.807, 2.05) is 12.1 Å². The molecule has 0 aliphatic carbocycles. The van der Waals surface area contributed by atoms with Crippen LogP contribution in [0.25, 0.3) is 0 Å². The largest absolute Gasteiger partial charge is 0.322 e. The zero-order valence-electron chi connectivity index (χ0n) is 15.6. The van der Waals surface area contributed by atoms with E-state index in [2.05, 4.69) is 28.9 Å². The molecule has 2 fully saturated rings. The van der Waals surface area contributed by atoms with E-state index in [9.17, 15) is 14.4 Å². The molecule has 0 bridgehead atoms. The third kappa shape index (κ3) is 3.61. The van der Waals surface area contributed by atoms with Gasteiger partial charge in [-0.15, -0.1) is 0 Å². The van der Waals surface area contributed by atoms with E-state index in [1.54, 1.807) is 4.90 Å². The standard InChI is InChI=1S/C20H26N4O3/c1-12-9-14(7-8-21-12)22-10-13-3-2-4-15-16(13)11-24(20(15)27)17-5-6-18(25)23-19(17)26/h2-4,12,14,17,21-22H,5-11H2,1H3,(H,23,25,26)/t12-,14+,17?/m1/s1. The highest BCUT2D eigenvalue weighted by Gasteiger charge is 2.39. The number of rotatable bonds is 4. The molecule has 0 aromatic heterocycles. The second-order valence-electron chi connectivity index (χ2n) is 7.80. The van der Waals surface area contributed by atoms with Crippen molar-refractivity contribution in [2.24, 2.45) is 0 Å². The first-order valence-corrected chi connectivity index (χ1v) is 9.75. The number of carbonyl (C=O) groups is 3. The van der Waals surface area contributed by atoms with Crippen molar-refractivity contribution in [2.45, 2.75) is 63.8 Å². The van der Waals surface area contributed by atoms with Crippen molar-refractivity contribution in [3.63, 3.8) is 0 Å². The van der Waals surface area contributed by atoms with Crippen LogP contribution in [-0.4, -0.2) is 47.3 Å². The number of hydrogen-bond acceptors (Lipinski definition) is 5. The number of benzene rings is 1. The molecule has 3 aliphatic heterocycles. The summed E-state index contributed by atoms with van der Waals surface area (Å²) in [6, 6.07) is 6.22. The van der Waals surface area contributed by atoms with Crippen LogP contribution < -0.4 is 16.0 Å². The second-order valence-corrected chi connectivity index (χ2v) is 7.80. The van der Waals surface area contributed by atoms with Crippen LogP contribution >= 0.6 is 0 Å². The lowest BCUT2D eigenvalue weighted by Crippen LogP contribution is -2.52. The predicted octanol–water partition coefficient (Wildman–Crippen LogP) is 0.678. The molecule has 3 heterocycles. The number of carbonyl (C=O) groups excluding carboxylic acids is 3. The van der Waals surface area contributed by atoms with Crippen molar-refractivity contribution < 1.29 is 14.4 Å². The van der Waals surface area contributed by atoms with Crippen molar-refractivity contribution >= 4 is 17.7 Å². The molecule has 0 saturated carbocycles. The summed E-state index contributed by atoms with van der Waals surface area (Å²) >= 11 is 0. The van der Waals surface area contributed by atoms with Crippen LogP contribution in [0.1, 0.15) is 54.1 Å². The second kappa shape index (κ2) is 7.40. The van der Waals surface area contributed by atoms with Crippen LogP contribution in [0.3, 0.4) is 0 Å². The molecule has 3 atom stereocenters. The van der Waals surface area contributed by atoms with E-state index in [1.165, 1.54) is 0 Å². The van der Waals surface area contributed by atoms with Gasteiger partial charge in [-0.2, -0.15) is 0 Å². The fraction of sp³-hybridized carbons (Fsp3) is 0.550. The minimum absolute atomic E-state index is 0.114. The van der Waals surface area contributed by atoms with Gasteiger partial charge in [0, 0.05) is 37.2 Å². The molecular weight excluding hydrogens is 344 g/mol. The fourth-order valence-corrected chi connectivity index (χ4v) is 4.39. The van der Waals surface area contributed by atoms with Gasteiger partial charge in [0.25, 0.3) is 5.91 Å². The molecular formula is C20H26N4O3. The lowest BCUT2D eigenvalue weighted by molar-refractivity contribution is -0.136. The molecule has 27 heavy (non-hydrogen) atoms. The Hall–Kier alpha value is -2.25. The average molecular weight is 370 g/mol. The van der Waals surface area contributed by atoms with Crippen molar-refractivity contribution in [2.75, 3.05) is 6.54 Å².